The molecule has 4 rings (SSSR count). The van der Waals surface area contributed by atoms with Gasteiger partial charge in [0.05, 0.1) is 37.1 Å². The number of hydrogen-bond acceptors (Lipinski definition) is 6. The second-order valence-corrected chi connectivity index (χ2v) is 9.95. The molecule has 0 unspecified atom stereocenters. The Balaban J connectivity index is 1.54. The second kappa shape index (κ2) is 10.0. The molecule has 0 N–H and O–H groups in total. The van der Waals surface area contributed by atoms with Gasteiger partial charge in [-0.1, -0.05) is 17.3 Å². The first-order valence-corrected chi connectivity index (χ1v) is 11.6. The number of aryl methyl sites for hydroxylation is 1. The Morgan fingerprint density at radius 2 is 1.76 bits per heavy atom. The van der Waals surface area contributed by atoms with Crippen molar-refractivity contribution in [2.45, 2.75) is 51.3 Å². The topological polar surface area (TPSA) is 91.5 Å². The number of ether oxygens (including phenoxy) is 2. The number of hydrogen-bond donors (Lipinski definition) is 0. The molecule has 3 heterocycles. The van der Waals surface area contributed by atoms with Gasteiger partial charge in [0.1, 0.15) is 11.3 Å². The number of halogens is 3. The predicted molar refractivity (Wildman–Crippen MR) is 128 cm³/mol. The lowest BCUT2D eigenvalue weighted by Crippen LogP contribution is -2.36. The van der Waals surface area contributed by atoms with Crippen LogP contribution in [0.1, 0.15) is 37.9 Å². The van der Waals surface area contributed by atoms with E-state index in [1.165, 1.54) is 27.7 Å². The van der Waals surface area contributed by atoms with Gasteiger partial charge < -0.3 is 18.9 Å². The van der Waals surface area contributed by atoms with E-state index in [4.69, 9.17) is 9.47 Å². The highest BCUT2D eigenvalue weighted by molar-refractivity contribution is 5.68. The van der Waals surface area contributed by atoms with E-state index in [0.29, 0.717) is 16.8 Å². The summed E-state index contributed by atoms with van der Waals surface area (Å²) in [6, 6.07) is 7.41. The van der Waals surface area contributed by atoms with Gasteiger partial charge >= 0.3 is 12.3 Å². The largest absolute Gasteiger partial charge is 0.444 e. The Kier molecular flexibility index (Phi) is 7.13. The lowest BCUT2D eigenvalue weighted by molar-refractivity contribution is -0.137. The summed E-state index contributed by atoms with van der Waals surface area (Å²) in [5, 5.41) is 8.45. The third kappa shape index (κ3) is 6.37. The fraction of sp³-hybridized carbons (Fsp3) is 0.440. The molecule has 2 aromatic heterocycles. The quantitative estimate of drug-likeness (QED) is 0.505. The van der Waals surface area contributed by atoms with Crippen LogP contribution in [0.4, 0.5) is 18.0 Å². The van der Waals surface area contributed by atoms with Crippen molar-refractivity contribution in [3.05, 3.63) is 70.3 Å². The van der Waals surface area contributed by atoms with Crippen LogP contribution in [0.15, 0.2) is 53.6 Å². The van der Waals surface area contributed by atoms with Crippen LogP contribution in [0.3, 0.4) is 0 Å². The van der Waals surface area contributed by atoms with Crippen LogP contribution in [0, 0.1) is 0 Å². The second-order valence-electron chi connectivity index (χ2n) is 9.95. The first kappa shape index (κ1) is 26.4. The lowest BCUT2D eigenvalue weighted by atomic mass is 10.1. The monoisotopic (exact) mass is 519 g/mol. The molecule has 37 heavy (non-hydrogen) atoms. The van der Waals surface area contributed by atoms with E-state index >= 15 is 0 Å². The van der Waals surface area contributed by atoms with Crippen molar-refractivity contribution in [3.63, 3.8) is 0 Å². The molecule has 9 nitrogen and oxygen atoms in total. The van der Waals surface area contributed by atoms with E-state index in [-0.39, 0.29) is 25.3 Å². The third-order valence-corrected chi connectivity index (χ3v) is 5.87. The molecule has 1 aromatic carbocycles. The van der Waals surface area contributed by atoms with Crippen molar-refractivity contribution >= 4 is 6.09 Å². The minimum atomic E-state index is -4.42. The zero-order valence-electron chi connectivity index (χ0n) is 20.9. The Morgan fingerprint density at radius 3 is 2.38 bits per heavy atom. The average molecular weight is 520 g/mol. The number of carbonyl (C=O) groups is 1. The van der Waals surface area contributed by atoms with E-state index in [2.05, 4.69) is 10.3 Å². The Hall–Kier alpha value is -3.67. The Bertz CT molecular complexity index is 1310. The summed E-state index contributed by atoms with van der Waals surface area (Å²) in [7, 11) is 1.64. The summed E-state index contributed by atoms with van der Waals surface area (Å²) < 4.78 is 53.3. The standard InChI is InChI=1S/C25H28F3N5O4/c1-24(2,3)37-23(35)32-13-20(33-12-19(29-30-33)17-7-10-22(34)31(4)11-17)21(14-32)36-15-16-5-8-18(9-6-16)25(26,27)28/h5-12,20-21H,13-15H2,1-4H3/t20-,21-/m1/s1. The van der Waals surface area contributed by atoms with Gasteiger partial charge in [0.15, 0.2) is 0 Å². The maximum absolute atomic E-state index is 12.9. The zero-order valence-corrected chi connectivity index (χ0v) is 20.9. The number of carbonyl (C=O) groups excluding carboxylic acids is 1. The summed E-state index contributed by atoms with van der Waals surface area (Å²) >= 11 is 0. The van der Waals surface area contributed by atoms with E-state index in [1.54, 1.807) is 51.0 Å². The predicted octanol–water partition coefficient (Wildman–Crippen LogP) is 4.04. The first-order valence-electron chi connectivity index (χ1n) is 11.6. The minimum absolute atomic E-state index is 0.0454. The van der Waals surface area contributed by atoms with Gasteiger partial charge in [0.25, 0.3) is 0 Å². The molecule has 1 saturated heterocycles. The molecule has 0 radical (unpaired) electrons. The summed E-state index contributed by atoms with van der Waals surface area (Å²) in [5.41, 5.74) is 0.212. The number of nitrogens with zero attached hydrogens (tertiary/aromatic N) is 5. The highest BCUT2D eigenvalue weighted by atomic mass is 19.4. The van der Waals surface area contributed by atoms with Crippen LogP contribution in [-0.4, -0.2) is 55.3 Å². The molecular weight excluding hydrogens is 491 g/mol. The molecule has 12 heteroatoms. The molecule has 0 saturated carbocycles. The Morgan fingerprint density at radius 1 is 1.05 bits per heavy atom. The number of pyridine rings is 1. The van der Waals surface area contributed by atoms with Gasteiger partial charge in [-0.15, -0.1) is 5.10 Å². The number of likely N-dealkylation sites (tertiary alicyclic amines) is 1. The van der Waals surface area contributed by atoms with Crippen molar-refractivity contribution in [1.29, 1.82) is 0 Å². The Labute approximate surface area is 211 Å². The van der Waals surface area contributed by atoms with E-state index < -0.39 is 35.6 Å². The van der Waals surface area contributed by atoms with Crippen molar-refractivity contribution in [2.24, 2.45) is 7.05 Å². The van der Waals surface area contributed by atoms with Crippen LogP contribution in [0.25, 0.3) is 11.3 Å². The lowest BCUT2D eigenvalue weighted by Gasteiger charge is -2.24. The van der Waals surface area contributed by atoms with Crippen molar-refractivity contribution in [2.75, 3.05) is 13.1 Å². The van der Waals surface area contributed by atoms with E-state index in [0.717, 1.165) is 12.1 Å². The molecule has 1 amide bonds. The molecule has 0 spiro atoms. The first-order chi connectivity index (χ1) is 17.3. The summed E-state index contributed by atoms with van der Waals surface area (Å²) in [5.74, 6) is 0. The smallest absolute Gasteiger partial charge is 0.416 e. The zero-order chi connectivity index (χ0) is 27.0. The molecule has 1 fully saturated rings. The van der Waals surface area contributed by atoms with Crippen LogP contribution in [0.2, 0.25) is 0 Å². The third-order valence-electron chi connectivity index (χ3n) is 5.87. The molecule has 198 valence electrons. The van der Waals surface area contributed by atoms with Crippen LogP contribution in [-0.2, 0) is 29.3 Å². The summed E-state index contributed by atoms with van der Waals surface area (Å²) in [4.78, 5) is 26.0. The molecule has 2 atom stereocenters. The van der Waals surface area contributed by atoms with Crippen molar-refractivity contribution in [3.8, 4) is 11.3 Å². The van der Waals surface area contributed by atoms with Gasteiger partial charge in [0.2, 0.25) is 5.56 Å². The van der Waals surface area contributed by atoms with Crippen LogP contribution >= 0.6 is 0 Å². The van der Waals surface area contributed by atoms with Gasteiger partial charge in [0, 0.05) is 31.4 Å². The van der Waals surface area contributed by atoms with Crippen LogP contribution < -0.4 is 5.56 Å². The van der Waals surface area contributed by atoms with Gasteiger partial charge in [-0.2, -0.15) is 13.2 Å². The number of alkyl halides is 3. The molecule has 0 bridgehead atoms. The van der Waals surface area contributed by atoms with Crippen molar-refractivity contribution in [1.82, 2.24) is 24.5 Å². The van der Waals surface area contributed by atoms with Gasteiger partial charge in [-0.3, -0.25) is 4.79 Å². The maximum Gasteiger partial charge on any atom is 0.416 e. The summed E-state index contributed by atoms with van der Waals surface area (Å²) in [6.45, 7) is 5.80. The number of aromatic nitrogens is 4. The number of rotatable bonds is 5. The molecule has 0 aliphatic carbocycles. The molecule has 1 aliphatic heterocycles. The van der Waals surface area contributed by atoms with Crippen LogP contribution in [0.5, 0.6) is 0 Å². The molecule has 3 aromatic rings. The molecular formula is C25H28F3N5O4. The van der Waals surface area contributed by atoms with Gasteiger partial charge in [-0.25, -0.2) is 9.48 Å². The maximum atomic E-state index is 12.9. The average Bonchev–Trinajstić information content (AvgIpc) is 3.45. The SMILES string of the molecule is Cn1cc(-c2cn([C@@H]3CN(C(=O)OC(C)(C)C)C[C@H]3OCc3ccc(C(F)(F)F)cc3)nn2)ccc1=O. The number of amides is 1. The fourth-order valence-corrected chi connectivity index (χ4v) is 3.96. The molecule has 1 aliphatic rings. The minimum Gasteiger partial charge on any atom is -0.444 e. The fourth-order valence-electron chi connectivity index (χ4n) is 3.96. The normalized spacial score (nSPS) is 18.3. The van der Waals surface area contributed by atoms with Gasteiger partial charge in [-0.05, 0) is 44.5 Å². The van der Waals surface area contributed by atoms with E-state index in [1.807, 2.05) is 0 Å². The summed E-state index contributed by atoms with van der Waals surface area (Å²) in [6.07, 6.45) is -2.09. The number of benzene rings is 1. The van der Waals surface area contributed by atoms with Crippen molar-refractivity contribution < 1.29 is 27.4 Å². The van der Waals surface area contributed by atoms with E-state index in [9.17, 15) is 22.8 Å². The highest BCUT2D eigenvalue weighted by Gasteiger charge is 2.40. The highest BCUT2D eigenvalue weighted by Crippen LogP contribution is 2.31.